The molecule has 0 bridgehead atoms. The van der Waals surface area contributed by atoms with Gasteiger partial charge in [-0.25, -0.2) is 4.39 Å². The van der Waals surface area contributed by atoms with Crippen molar-refractivity contribution in [3.05, 3.63) is 58.1 Å². The summed E-state index contributed by atoms with van der Waals surface area (Å²) in [5.41, 5.74) is 3.04. The lowest BCUT2D eigenvalue weighted by molar-refractivity contribution is 0.614. The van der Waals surface area contributed by atoms with E-state index in [9.17, 15) is 4.39 Å². The van der Waals surface area contributed by atoms with Gasteiger partial charge in [-0.05, 0) is 53.0 Å². The third kappa shape index (κ3) is 3.32. The fourth-order valence-corrected chi connectivity index (χ4v) is 2.30. The van der Waals surface area contributed by atoms with Crippen molar-refractivity contribution in [2.24, 2.45) is 0 Å². The van der Waals surface area contributed by atoms with E-state index in [-0.39, 0.29) is 11.9 Å². The van der Waals surface area contributed by atoms with E-state index in [4.69, 9.17) is 0 Å². The van der Waals surface area contributed by atoms with Crippen LogP contribution >= 0.6 is 15.9 Å². The molecule has 0 radical (unpaired) electrons. The van der Waals surface area contributed by atoms with Crippen molar-refractivity contribution in [3.8, 4) is 0 Å². The third-order valence-corrected chi connectivity index (χ3v) is 4.09. The van der Waals surface area contributed by atoms with Crippen LogP contribution in [-0.4, -0.2) is 4.98 Å². The molecule has 0 amide bonds. The van der Waals surface area contributed by atoms with Crippen LogP contribution < -0.4 is 5.32 Å². The van der Waals surface area contributed by atoms with Gasteiger partial charge >= 0.3 is 0 Å². The monoisotopic (exact) mass is 322 g/mol. The van der Waals surface area contributed by atoms with E-state index in [1.54, 1.807) is 6.07 Å². The van der Waals surface area contributed by atoms with Crippen molar-refractivity contribution in [3.63, 3.8) is 0 Å². The van der Waals surface area contributed by atoms with E-state index in [1.807, 2.05) is 25.1 Å². The third-order valence-electron chi connectivity index (χ3n) is 3.04. The van der Waals surface area contributed by atoms with Crippen molar-refractivity contribution in [1.82, 2.24) is 4.98 Å². The lowest BCUT2D eigenvalue weighted by atomic mass is 10.1. The number of hydrogen-bond acceptors (Lipinski definition) is 2. The number of nitrogens with zero attached hydrogens (tertiary/aromatic N) is 1. The normalized spacial score (nSPS) is 12.2. The van der Waals surface area contributed by atoms with Crippen LogP contribution in [0.4, 0.5) is 10.1 Å². The Kier molecular flexibility index (Phi) is 4.53. The van der Waals surface area contributed by atoms with Crippen LogP contribution in [0.25, 0.3) is 0 Å². The Morgan fingerprint density at radius 3 is 2.74 bits per heavy atom. The van der Waals surface area contributed by atoms with Crippen LogP contribution in [0.2, 0.25) is 0 Å². The average Bonchev–Trinajstić information content (AvgIpc) is 2.42. The summed E-state index contributed by atoms with van der Waals surface area (Å²) in [6.45, 7) is 4.12. The predicted molar refractivity (Wildman–Crippen MR) is 79.7 cm³/mol. The van der Waals surface area contributed by atoms with Gasteiger partial charge in [0, 0.05) is 10.2 Å². The van der Waals surface area contributed by atoms with E-state index in [0.717, 1.165) is 22.3 Å². The molecule has 1 aromatic carbocycles. The molecule has 1 unspecified atom stereocenters. The number of aryl methyl sites for hydroxylation is 1. The zero-order valence-corrected chi connectivity index (χ0v) is 12.5. The van der Waals surface area contributed by atoms with Gasteiger partial charge in [0.15, 0.2) is 0 Å². The van der Waals surface area contributed by atoms with Crippen LogP contribution in [0.3, 0.4) is 0 Å². The number of rotatable bonds is 4. The molecule has 1 heterocycles. The number of aromatic nitrogens is 1. The predicted octanol–water partition coefficient (Wildman–Crippen LogP) is 4.85. The van der Waals surface area contributed by atoms with Crippen LogP contribution in [0, 0.1) is 12.7 Å². The van der Waals surface area contributed by atoms with Crippen LogP contribution in [0.15, 0.2) is 41.0 Å². The highest BCUT2D eigenvalue weighted by Gasteiger charge is 2.12. The van der Waals surface area contributed by atoms with Crippen molar-refractivity contribution in [2.45, 2.75) is 26.3 Å². The highest BCUT2D eigenvalue weighted by molar-refractivity contribution is 9.10. The van der Waals surface area contributed by atoms with Gasteiger partial charge in [-0.15, -0.1) is 0 Å². The first-order valence-corrected chi connectivity index (χ1v) is 7.04. The first-order chi connectivity index (χ1) is 9.11. The molecule has 1 aromatic heterocycles. The van der Waals surface area contributed by atoms with Crippen LogP contribution in [0.1, 0.15) is 30.6 Å². The maximum Gasteiger partial charge on any atom is 0.141 e. The standard InChI is InChI=1S/C15H16BrFN2/c1-3-12(13-8-7-11(17)9-18-13)19-14-6-4-5-10(2)15(14)16/h4-9,12,19H,3H2,1-2H3. The number of hydrogen-bond donors (Lipinski definition) is 1. The summed E-state index contributed by atoms with van der Waals surface area (Å²) < 4.78 is 14.0. The molecule has 1 atom stereocenters. The lowest BCUT2D eigenvalue weighted by Crippen LogP contribution is -2.12. The highest BCUT2D eigenvalue weighted by atomic mass is 79.9. The molecule has 19 heavy (non-hydrogen) atoms. The summed E-state index contributed by atoms with van der Waals surface area (Å²) in [7, 11) is 0. The SMILES string of the molecule is CCC(Nc1cccc(C)c1Br)c1ccc(F)cn1. The van der Waals surface area contributed by atoms with Gasteiger partial charge in [0.1, 0.15) is 5.82 Å². The Balaban J connectivity index is 2.24. The Labute approximate surface area is 121 Å². The molecule has 0 saturated heterocycles. The highest BCUT2D eigenvalue weighted by Crippen LogP contribution is 2.29. The Morgan fingerprint density at radius 2 is 2.11 bits per heavy atom. The summed E-state index contributed by atoms with van der Waals surface area (Å²) in [6.07, 6.45) is 2.13. The van der Waals surface area contributed by atoms with Gasteiger partial charge in [-0.2, -0.15) is 0 Å². The topological polar surface area (TPSA) is 24.9 Å². The summed E-state index contributed by atoms with van der Waals surface area (Å²) in [5, 5.41) is 3.44. The van der Waals surface area contributed by atoms with Gasteiger partial charge in [0.05, 0.1) is 17.9 Å². The maximum atomic E-state index is 12.9. The quantitative estimate of drug-likeness (QED) is 0.869. The molecule has 2 nitrogen and oxygen atoms in total. The maximum absolute atomic E-state index is 12.9. The Morgan fingerprint density at radius 1 is 1.32 bits per heavy atom. The average molecular weight is 323 g/mol. The van der Waals surface area contributed by atoms with E-state index in [1.165, 1.54) is 17.8 Å². The van der Waals surface area contributed by atoms with E-state index in [0.29, 0.717) is 0 Å². The number of nitrogens with one attached hydrogen (secondary N) is 1. The van der Waals surface area contributed by atoms with Gasteiger partial charge in [0.2, 0.25) is 0 Å². The minimum atomic E-state index is -0.310. The number of benzene rings is 1. The van der Waals surface area contributed by atoms with E-state index < -0.39 is 0 Å². The number of halogens is 2. The summed E-state index contributed by atoms with van der Waals surface area (Å²) in [5.74, 6) is -0.310. The summed E-state index contributed by atoms with van der Waals surface area (Å²) in [6, 6.07) is 9.31. The van der Waals surface area contributed by atoms with Gasteiger partial charge < -0.3 is 5.32 Å². The smallest absolute Gasteiger partial charge is 0.141 e. The fraction of sp³-hybridized carbons (Fsp3) is 0.267. The van der Waals surface area contributed by atoms with Crippen molar-refractivity contribution >= 4 is 21.6 Å². The zero-order chi connectivity index (χ0) is 13.8. The van der Waals surface area contributed by atoms with Crippen molar-refractivity contribution < 1.29 is 4.39 Å². The molecule has 0 saturated carbocycles. The van der Waals surface area contributed by atoms with E-state index >= 15 is 0 Å². The second-order valence-corrected chi connectivity index (χ2v) is 5.24. The van der Waals surface area contributed by atoms with Gasteiger partial charge in [-0.1, -0.05) is 19.1 Å². The van der Waals surface area contributed by atoms with E-state index in [2.05, 4.69) is 33.2 Å². The van der Waals surface area contributed by atoms with Crippen molar-refractivity contribution in [2.75, 3.05) is 5.32 Å². The molecule has 1 N–H and O–H groups in total. The van der Waals surface area contributed by atoms with Crippen LogP contribution in [0.5, 0.6) is 0 Å². The first kappa shape index (κ1) is 14.0. The van der Waals surface area contributed by atoms with Crippen LogP contribution in [-0.2, 0) is 0 Å². The summed E-state index contributed by atoms with van der Waals surface area (Å²) in [4.78, 5) is 4.14. The van der Waals surface area contributed by atoms with Gasteiger partial charge in [-0.3, -0.25) is 4.98 Å². The number of anilines is 1. The first-order valence-electron chi connectivity index (χ1n) is 6.25. The minimum Gasteiger partial charge on any atom is -0.376 e. The minimum absolute atomic E-state index is 0.0682. The molecule has 0 aliphatic carbocycles. The zero-order valence-electron chi connectivity index (χ0n) is 11.0. The molecule has 0 fully saturated rings. The molecule has 2 aromatic rings. The molecule has 100 valence electrons. The molecule has 2 rings (SSSR count). The second kappa shape index (κ2) is 6.15. The Bertz CT molecular complexity index is 555. The molecule has 0 spiro atoms. The lowest BCUT2D eigenvalue weighted by Gasteiger charge is -2.19. The largest absolute Gasteiger partial charge is 0.376 e. The second-order valence-electron chi connectivity index (χ2n) is 4.44. The number of pyridine rings is 1. The summed E-state index contributed by atoms with van der Waals surface area (Å²) >= 11 is 3.58. The molecular formula is C15H16BrFN2. The molecule has 0 aliphatic rings. The Hall–Kier alpha value is -1.42. The van der Waals surface area contributed by atoms with Crippen molar-refractivity contribution in [1.29, 1.82) is 0 Å². The fourth-order valence-electron chi connectivity index (χ4n) is 1.93. The molecule has 0 aliphatic heterocycles. The molecular weight excluding hydrogens is 307 g/mol. The van der Waals surface area contributed by atoms with Gasteiger partial charge in [0.25, 0.3) is 0 Å². The molecule has 4 heteroatoms.